The van der Waals surface area contributed by atoms with Crippen molar-refractivity contribution < 1.29 is 10.2 Å². The highest BCUT2D eigenvalue weighted by molar-refractivity contribution is 4.67. The largest absolute Gasteiger partial charge is 0.392 e. The topological polar surface area (TPSA) is 43.7 Å². The maximum atomic E-state index is 9.16. The van der Waals surface area contributed by atoms with E-state index < -0.39 is 0 Å². The van der Waals surface area contributed by atoms with E-state index in [0.717, 1.165) is 0 Å². The Morgan fingerprint density at radius 2 is 1.25 bits per heavy atom. The molecule has 0 aromatic heterocycles. The highest BCUT2D eigenvalue weighted by Gasteiger charge is 2.13. The van der Waals surface area contributed by atoms with E-state index in [1.165, 1.54) is 0 Å². The summed E-state index contributed by atoms with van der Waals surface area (Å²) in [6.45, 7) is 8.90. The molecule has 0 saturated carbocycles. The van der Waals surface area contributed by atoms with Gasteiger partial charge in [-0.25, -0.2) is 0 Å². The van der Waals surface area contributed by atoms with Crippen molar-refractivity contribution in [2.24, 2.45) is 0 Å². The monoisotopic (exact) mass is 175 g/mol. The summed E-state index contributed by atoms with van der Waals surface area (Å²) in [5, 5.41) is 18.3. The summed E-state index contributed by atoms with van der Waals surface area (Å²) in [5.74, 6) is 0. The second-order valence-corrected chi connectivity index (χ2v) is 3.75. The Kier molecular flexibility index (Phi) is 5.46. The third-order valence-electron chi connectivity index (χ3n) is 1.73. The van der Waals surface area contributed by atoms with Crippen molar-refractivity contribution >= 4 is 0 Å². The molecular weight excluding hydrogens is 154 g/mol. The molecule has 0 saturated heterocycles. The molecule has 12 heavy (non-hydrogen) atoms. The highest BCUT2D eigenvalue weighted by Crippen LogP contribution is 2.01. The van der Waals surface area contributed by atoms with Gasteiger partial charge in [0.25, 0.3) is 0 Å². The van der Waals surface area contributed by atoms with Gasteiger partial charge < -0.3 is 10.2 Å². The lowest BCUT2D eigenvalue weighted by Gasteiger charge is -2.28. The third kappa shape index (κ3) is 5.52. The van der Waals surface area contributed by atoms with E-state index in [4.69, 9.17) is 10.2 Å². The Morgan fingerprint density at radius 1 is 0.917 bits per heavy atom. The molecule has 0 aromatic carbocycles. The Labute approximate surface area is 75.0 Å². The van der Waals surface area contributed by atoms with E-state index in [1.54, 1.807) is 13.8 Å². The lowest BCUT2D eigenvalue weighted by molar-refractivity contribution is 0.0660. The van der Waals surface area contributed by atoms with Crippen LogP contribution in [0, 0.1) is 0 Å². The molecule has 3 heteroatoms. The van der Waals surface area contributed by atoms with Gasteiger partial charge in [0, 0.05) is 19.1 Å². The van der Waals surface area contributed by atoms with Gasteiger partial charge in [-0.15, -0.1) is 0 Å². The normalized spacial score (nSPS) is 17.0. The van der Waals surface area contributed by atoms with Crippen LogP contribution in [0.25, 0.3) is 0 Å². The minimum Gasteiger partial charge on any atom is -0.392 e. The molecule has 0 unspecified atom stereocenters. The molecule has 3 nitrogen and oxygen atoms in total. The quantitative estimate of drug-likeness (QED) is 0.638. The number of aliphatic hydroxyl groups is 2. The first kappa shape index (κ1) is 11.9. The summed E-state index contributed by atoms with van der Waals surface area (Å²) in [4.78, 5) is 2.06. The van der Waals surface area contributed by atoms with Crippen LogP contribution < -0.4 is 0 Å². The fourth-order valence-electron chi connectivity index (χ4n) is 1.17. The van der Waals surface area contributed by atoms with E-state index in [-0.39, 0.29) is 12.2 Å². The molecule has 0 amide bonds. The van der Waals surface area contributed by atoms with Gasteiger partial charge in [-0.1, -0.05) is 0 Å². The molecule has 0 spiro atoms. The van der Waals surface area contributed by atoms with Gasteiger partial charge in [0.15, 0.2) is 0 Å². The molecule has 0 heterocycles. The first-order valence-electron chi connectivity index (χ1n) is 4.53. The lowest BCUT2D eigenvalue weighted by Crippen LogP contribution is -2.40. The summed E-state index contributed by atoms with van der Waals surface area (Å²) < 4.78 is 0. The molecule has 0 rings (SSSR count). The molecule has 0 fully saturated rings. The van der Waals surface area contributed by atoms with Gasteiger partial charge in [-0.2, -0.15) is 0 Å². The molecule has 2 N–H and O–H groups in total. The Bertz CT molecular complexity index is 103. The average Bonchev–Trinajstić information content (AvgIpc) is 1.83. The van der Waals surface area contributed by atoms with E-state index in [0.29, 0.717) is 19.1 Å². The Hall–Kier alpha value is -0.120. The maximum absolute atomic E-state index is 9.16. The summed E-state index contributed by atoms with van der Waals surface area (Å²) in [6, 6.07) is 0.370. The van der Waals surface area contributed by atoms with Gasteiger partial charge in [0.05, 0.1) is 12.2 Å². The van der Waals surface area contributed by atoms with Gasteiger partial charge in [-0.05, 0) is 27.7 Å². The molecule has 74 valence electrons. The number of rotatable bonds is 5. The first-order valence-corrected chi connectivity index (χ1v) is 4.53. The standard InChI is InChI=1S/C9H21NO2/c1-7(2)10(5-8(3)11)6-9(4)12/h7-9,11-12H,5-6H2,1-4H3/t8-,9-/m0/s1. The molecule has 0 aliphatic rings. The molecule has 0 radical (unpaired) electrons. The van der Waals surface area contributed by atoms with Crippen LogP contribution in [-0.2, 0) is 0 Å². The van der Waals surface area contributed by atoms with E-state index >= 15 is 0 Å². The van der Waals surface area contributed by atoms with Crippen molar-refractivity contribution in [3.05, 3.63) is 0 Å². The van der Waals surface area contributed by atoms with E-state index in [9.17, 15) is 0 Å². The average molecular weight is 175 g/mol. The fourth-order valence-corrected chi connectivity index (χ4v) is 1.17. The third-order valence-corrected chi connectivity index (χ3v) is 1.73. The fraction of sp³-hybridized carbons (Fsp3) is 1.00. The van der Waals surface area contributed by atoms with Gasteiger partial charge in [0.1, 0.15) is 0 Å². The minimum absolute atomic E-state index is 0.328. The van der Waals surface area contributed by atoms with Gasteiger partial charge in [0.2, 0.25) is 0 Å². The van der Waals surface area contributed by atoms with Crippen LogP contribution in [0.1, 0.15) is 27.7 Å². The smallest absolute Gasteiger partial charge is 0.0639 e. The summed E-state index contributed by atoms with van der Waals surface area (Å²) in [5.41, 5.74) is 0. The Balaban J connectivity index is 3.87. The molecule has 0 aromatic rings. The van der Waals surface area contributed by atoms with Crippen molar-refractivity contribution in [2.75, 3.05) is 13.1 Å². The van der Waals surface area contributed by atoms with Crippen molar-refractivity contribution in [1.82, 2.24) is 4.90 Å². The maximum Gasteiger partial charge on any atom is 0.0639 e. The van der Waals surface area contributed by atoms with E-state index in [2.05, 4.69) is 18.7 Å². The lowest BCUT2D eigenvalue weighted by atomic mass is 10.2. The SMILES string of the molecule is CC(C)N(C[C@H](C)O)C[C@H](C)O. The van der Waals surface area contributed by atoms with Crippen LogP contribution >= 0.6 is 0 Å². The molecule has 0 aliphatic heterocycles. The second-order valence-electron chi connectivity index (χ2n) is 3.75. The number of hydrogen-bond donors (Lipinski definition) is 2. The zero-order chi connectivity index (χ0) is 9.72. The van der Waals surface area contributed by atoms with Gasteiger partial charge in [-0.3, -0.25) is 4.90 Å². The predicted octanol–water partition coefficient (Wildman–Crippen LogP) is 0.458. The predicted molar refractivity (Wildman–Crippen MR) is 50.1 cm³/mol. The first-order chi connectivity index (χ1) is 5.43. The van der Waals surface area contributed by atoms with Crippen molar-refractivity contribution in [3.8, 4) is 0 Å². The number of nitrogens with zero attached hydrogens (tertiary/aromatic N) is 1. The second kappa shape index (κ2) is 5.51. The number of aliphatic hydroxyl groups excluding tert-OH is 2. The van der Waals surface area contributed by atoms with Crippen LogP contribution in [0.15, 0.2) is 0 Å². The Morgan fingerprint density at radius 3 is 1.42 bits per heavy atom. The van der Waals surface area contributed by atoms with Crippen LogP contribution in [-0.4, -0.2) is 46.5 Å². The van der Waals surface area contributed by atoms with Crippen LogP contribution in [0.2, 0.25) is 0 Å². The van der Waals surface area contributed by atoms with Crippen molar-refractivity contribution in [1.29, 1.82) is 0 Å². The van der Waals surface area contributed by atoms with Crippen LogP contribution in [0.5, 0.6) is 0 Å². The highest BCUT2D eigenvalue weighted by atomic mass is 16.3. The molecule has 0 bridgehead atoms. The molecule has 2 atom stereocenters. The summed E-state index contributed by atoms with van der Waals surface area (Å²) in [7, 11) is 0. The summed E-state index contributed by atoms with van der Waals surface area (Å²) >= 11 is 0. The van der Waals surface area contributed by atoms with Crippen molar-refractivity contribution in [3.63, 3.8) is 0 Å². The number of hydrogen-bond acceptors (Lipinski definition) is 3. The van der Waals surface area contributed by atoms with Crippen LogP contribution in [0.3, 0.4) is 0 Å². The van der Waals surface area contributed by atoms with Crippen molar-refractivity contribution in [2.45, 2.75) is 45.9 Å². The minimum atomic E-state index is -0.328. The summed E-state index contributed by atoms with van der Waals surface area (Å²) in [6.07, 6.45) is -0.655. The van der Waals surface area contributed by atoms with Crippen LogP contribution in [0.4, 0.5) is 0 Å². The zero-order valence-electron chi connectivity index (χ0n) is 8.49. The van der Waals surface area contributed by atoms with E-state index in [1.807, 2.05) is 0 Å². The molecule has 0 aliphatic carbocycles. The molecular formula is C9H21NO2. The van der Waals surface area contributed by atoms with Gasteiger partial charge >= 0.3 is 0 Å². The zero-order valence-corrected chi connectivity index (χ0v) is 8.49.